The number of hydrogen-bond acceptors (Lipinski definition) is 9. The standard InChI is InChI=1S/C21H20Cl2O9S/c1-21(32-33(2,27)28)17(31-19(25)13-5-9-15(23)10-6-13)16(30-20(21)26)11-29-18(24)12-3-7-14(22)8-4-12/h3-10,16-17,20,26H,11H2,1-2H3/t16-,17-,20?,21-/m1/s1. The van der Waals surface area contributed by atoms with E-state index in [-0.39, 0.29) is 11.1 Å². The minimum atomic E-state index is -4.11. The fraction of sp³-hybridized carbons (Fsp3) is 0.333. The van der Waals surface area contributed by atoms with Gasteiger partial charge in [-0.3, -0.25) is 4.18 Å². The second-order valence-corrected chi connectivity index (χ2v) is 9.88. The number of aliphatic hydroxyl groups is 1. The fourth-order valence-electron chi connectivity index (χ4n) is 3.21. The summed E-state index contributed by atoms with van der Waals surface area (Å²) in [5.74, 6) is -1.59. The molecule has 1 fully saturated rings. The van der Waals surface area contributed by atoms with Crippen molar-refractivity contribution < 1.29 is 41.5 Å². The molecule has 0 radical (unpaired) electrons. The van der Waals surface area contributed by atoms with Crippen molar-refractivity contribution in [1.29, 1.82) is 0 Å². The summed E-state index contributed by atoms with van der Waals surface area (Å²) in [4.78, 5) is 25.0. The Morgan fingerprint density at radius 2 is 1.48 bits per heavy atom. The Labute approximate surface area is 200 Å². The maximum Gasteiger partial charge on any atom is 0.338 e. The molecule has 1 saturated heterocycles. The van der Waals surface area contributed by atoms with Crippen LogP contribution in [0.3, 0.4) is 0 Å². The summed E-state index contributed by atoms with van der Waals surface area (Å²) in [7, 11) is -4.11. The molecule has 1 aliphatic heterocycles. The predicted molar refractivity (Wildman–Crippen MR) is 118 cm³/mol. The maximum atomic E-state index is 12.7. The van der Waals surface area contributed by atoms with E-state index < -0.39 is 52.8 Å². The smallest absolute Gasteiger partial charge is 0.338 e. The van der Waals surface area contributed by atoms with Gasteiger partial charge in [0.25, 0.3) is 10.1 Å². The zero-order valence-corrected chi connectivity index (χ0v) is 19.8. The number of carbonyl (C=O) groups is 2. The van der Waals surface area contributed by atoms with Crippen LogP contribution in [0.2, 0.25) is 10.0 Å². The molecule has 33 heavy (non-hydrogen) atoms. The van der Waals surface area contributed by atoms with Gasteiger partial charge in [0.2, 0.25) is 0 Å². The Morgan fingerprint density at radius 3 is 1.97 bits per heavy atom. The van der Waals surface area contributed by atoms with Crippen molar-refractivity contribution in [2.75, 3.05) is 12.9 Å². The van der Waals surface area contributed by atoms with E-state index in [0.717, 1.165) is 6.26 Å². The Morgan fingerprint density at radius 1 is 1.00 bits per heavy atom. The topological polar surface area (TPSA) is 125 Å². The first-order chi connectivity index (χ1) is 15.4. The molecule has 0 aliphatic carbocycles. The molecular weight excluding hydrogens is 499 g/mol. The van der Waals surface area contributed by atoms with Crippen LogP contribution >= 0.6 is 23.2 Å². The minimum absolute atomic E-state index is 0.111. The fourth-order valence-corrected chi connectivity index (χ4v) is 4.29. The molecule has 2 aromatic rings. The Bertz CT molecular complexity index is 1120. The molecule has 2 aromatic carbocycles. The van der Waals surface area contributed by atoms with Crippen LogP contribution in [0.15, 0.2) is 48.5 Å². The van der Waals surface area contributed by atoms with Crippen LogP contribution in [0.4, 0.5) is 0 Å². The number of esters is 2. The van der Waals surface area contributed by atoms with Gasteiger partial charge >= 0.3 is 11.9 Å². The Hall–Kier alpha value is -2.21. The third-order valence-electron chi connectivity index (χ3n) is 4.80. The predicted octanol–water partition coefficient (Wildman–Crippen LogP) is 2.83. The van der Waals surface area contributed by atoms with Gasteiger partial charge in [-0.25, -0.2) is 9.59 Å². The molecule has 1 N–H and O–H groups in total. The van der Waals surface area contributed by atoms with Crippen LogP contribution in [0.25, 0.3) is 0 Å². The molecule has 1 unspecified atom stereocenters. The van der Waals surface area contributed by atoms with Crippen LogP contribution in [0.1, 0.15) is 27.6 Å². The van der Waals surface area contributed by atoms with Crippen LogP contribution in [0.5, 0.6) is 0 Å². The van der Waals surface area contributed by atoms with Crippen molar-refractivity contribution in [1.82, 2.24) is 0 Å². The van der Waals surface area contributed by atoms with E-state index in [1.807, 2.05) is 0 Å². The largest absolute Gasteiger partial charge is 0.459 e. The highest BCUT2D eigenvalue weighted by atomic mass is 35.5. The molecule has 12 heteroatoms. The van der Waals surface area contributed by atoms with Crippen LogP contribution < -0.4 is 0 Å². The van der Waals surface area contributed by atoms with E-state index in [0.29, 0.717) is 10.0 Å². The number of hydrogen-bond donors (Lipinski definition) is 1. The third kappa shape index (κ3) is 6.23. The number of halogens is 2. The van der Waals surface area contributed by atoms with Crippen molar-refractivity contribution in [2.45, 2.75) is 31.0 Å². The molecule has 1 heterocycles. The zero-order valence-electron chi connectivity index (χ0n) is 17.4. The van der Waals surface area contributed by atoms with E-state index in [9.17, 15) is 23.1 Å². The van der Waals surface area contributed by atoms with Crippen molar-refractivity contribution in [3.8, 4) is 0 Å². The van der Waals surface area contributed by atoms with E-state index in [1.54, 1.807) is 0 Å². The van der Waals surface area contributed by atoms with Gasteiger partial charge in [-0.1, -0.05) is 23.2 Å². The van der Waals surface area contributed by atoms with Gasteiger partial charge in [0.1, 0.15) is 12.7 Å². The summed E-state index contributed by atoms with van der Waals surface area (Å²) in [5, 5.41) is 11.2. The van der Waals surface area contributed by atoms with Gasteiger partial charge < -0.3 is 19.3 Å². The molecule has 0 bridgehead atoms. The molecule has 178 valence electrons. The second kappa shape index (κ2) is 9.96. The lowest BCUT2D eigenvalue weighted by Crippen LogP contribution is -2.51. The van der Waals surface area contributed by atoms with Crippen molar-refractivity contribution >= 4 is 45.3 Å². The first-order valence-corrected chi connectivity index (χ1v) is 12.1. The van der Waals surface area contributed by atoms with Gasteiger partial charge in [-0.2, -0.15) is 8.42 Å². The van der Waals surface area contributed by atoms with Crippen molar-refractivity contribution in [3.05, 3.63) is 69.7 Å². The molecular formula is C21H20Cl2O9S. The van der Waals surface area contributed by atoms with Gasteiger partial charge in [0.15, 0.2) is 18.0 Å². The van der Waals surface area contributed by atoms with Gasteiger partial charge in [-0.05, 0) is 55.5 Å². The van der Waals surface area contributed by atoms with E-state index in [4.69, 9.17) is 41.6 Å². The summed E-state index contributed by atoms with van der Waals surface area (Å²) in [6, 6.07) is 11.6. The first-order valence-electron chi connectivity index (χ1n) is 9.52. The second-order valence-electron chi connectivity index (χ2n) is 7.44. The molecule has 0 amide bonds. The molecule has 4 atom stereocenters. The highest BCUT2D eigenvalue weighted by Crippen LogP contribution is 2.37. The monoisotopic (exact) mass is 518 g/mol. The third-order valence-corrected chi connectivity index (χ3v) is 5.97. The molecule has 0 aromatic heterocycles. The Kier molecular flexibility index (Phi) is 7.67. The highest BCUT2D eigenvalue weighted by Gasteiger charge is 2.59. The van der Waals surface area contributed by atoms with Crippen LogP contribution in [0, 0.1) is 0 Å². The normalized spacial score (nSPS) is 24.9. The lowest BCUT2D eigenvalue weighted by Gasteiger charge is -2.31. The molecule has 0 spiro atoms. The van der Waals surface area contributed by atoms with Gasteiger partial charge in [-0.15, -0.1) is 0 Å². The summed E-state index contributed by atoms with van der Waals surface area (Å²) in [5.41, 5.74) is -1.70. The van der Waals surface area contributed by atoms with E-state index >= 15 is 0 Å². The number of carbonyl (C=O) groups excluding carboxylic acids is 2. The lowest BCUT2D eigenvalue weighted by molar-refractivity contribution is -0.158. The Balaban J connectivity index is 1.82. The summed E-state index contributed by atoms with van der Waals surface area (Å²) in [6.07, 6.45) is -3.73. The summed E-state index contributed by atoms with van der Waals surface area (Å²) >= 11 is 11.6. The average molecular weight is 519 g/mol. The SMILES string of the molecule is C[C@]1(OS(C)(=O)=O)C(O)O[C@H](COC(=O)c2ccc(Cl)cc2)[C@H]1OC(=O)c1ccc(Cl)cc1. The quantitative estimate of drug-likeness (QED) is 0.434. The minimum Gasteiger partial charge on any atom is -0.459 e. The van der Waals surface area contributed by atoms with Crippen LogP contribution in [-0.4, -0.2) is 62.4 Å². The highest BCUT2D eigenvalue weighted by molar-refractivity contribution is 7.86. The molecule has 3 rings (SSSR count). The molecule has 0 saturated carbocycles. The van der Waals surface area contributed by atoms with Gasteiger partial charge in [0, 0.05) is 10.0 Å². The van der Waals surface area contributed by atoms with E-state index in [1.165, 1.54) is 55.5 Å². The number of aliphatic hydroxyl groups excluding tert-OH is 1. The van der Waals surface area contributed by atoms with E-state index in [2.05, 4.69) is 0 Å². The summed E-state index contributed by atoms with van der Waals surface area (Å²) < 4.78 is 44.8. The van der Waals surface area contributed by atoms with Crippen molar-refractivity contribution in [2.24, 2.45) is 0 Å². The summed E-state index contributed by atoms with van der Waals surface area (Å²) in [6.45, 7) is 0.735. The number of benzene rings is 2. The maximum absolute atomic E-state index is 12.7. The van der Waals surface area contributed by atoms with Gasteiger partial charge in [0.05, 0.1) is 17.4 Å². The lowest BCUT2D eigenvalue weighted by atomic mass is 9.97. The molecule has 1 aliphatic rings. The van der Waals surface area contributed by atoms with Crippen LogP contribution in [-0.2, 0) is 28.5 Å². The number of ether oxygens (including phenoxy) is 3. The first kappa shape index (κ1) is 25.4. The molecule has 9 nitrogen and oxygen atoms in total. The number of rotatable bonds is 7. The zero-order chi connectivity index (χ0) is 24.4. The average Bonchev–Trinajstić information content (AvgIpc) is 2.95. The van der Waals surface area contributed by atoms with Crippen molar-refractivity contribution in [3.63, 3.8) is 0 Å².